The number of pyridine rings is 1. The van der Waals surface area contributed by atoms with Crippen LogP contribution in [0.2, 0.25) is 0 Å². The van der Waals surface area contributed by atoms with Crippen LogP contribution in [0.3, 0.4) is 0 Å². The van der Waals surface area contributed by atoms with Crippen LogP contribution in [-0.2, 0) is 4.79 Å². The zero-order valence-electron chi connectivity index (χ0n) is 10.6. The molecule has 0 aliphatic carbocycles. The standard InChI is InChI=1S/C13H14N4O2/c1-2-6-16(9-12(18)19)13-10(8-14)17-7-4-3-5-11(17)15-13/h3-5,7H,2,6,9H2,1H3,(H,18,19). The van der Waals surface area contributed by atoms with Crippen molar-refractivity contribution in [2.75, 3.05) is 18.0 Å². The molecule has 6 heteroatoms. The summed E-state index contributed by atoms with van der Waals surface area (Å²) in [4.78, 5) is 16.9. The van der Waals surface area contributed by atoms with Crippen LogP contribution in [0.25, 0.3) is 5.65 Å². The van der Waals surface area contributed by atoms with Gasteiger partial charge in [-0.15, -0.1) is 0 Å². The van der Waals surface area contributed by atoms with Crippen LogP contribution in [0, 0.1) is 11.3 Å². The molecule has 19 heavy (non-hydrogen) atoms. The van der Waals surface area contributed by atoms with Gasteiger partial charge in [-0.05, 0) is 18.6 Å². The summed E-state index contributed by atoms with van der Waals surface area (Å²) in [6.45, 7) is 2.34. The Morgan fingerprint density at radius 3 is 3.00 bits per heavy atom. The Labute approximate surface area is 110 Å². The Balaban J connectivity index is 2.52. The molecule has 0 aliphatic rings. The average Bonchev–Trinajstić information content (AvgIpc) is 2.76. The molecule has 6 nitrogen and oxygen atoms in total. The van der Waals surface area contributed by atoms with Gasteiger partial charge in [0.05, 0.1) is 0 Å². The quantitative estimate of drug-likeness (QED) is 0.879. The lowest BCUT2D eigenvalue weighted by molar-refractivity contribution is -0.135. The number of carboxylic acids is 1. The maximum Gasteiger partial charge on any atom is 0.323 e. The highest BCUT2D eigenvalue weighted by Gasteiger charge is 2.19. The number of imidazole rings is 1. The molecule has 2 heterocycles. The Kier molecular flexibility index (Phi) is 3.66. The van der Waals surface area contributed by atoms with Crippen LogP contribution < -0.4 is 4.90 Å². The van der Waals surface area contributed by atoms with E-state index in [1.165, 1.54) is 0 Å². The summed E-state index contributed by atoms with van der Waals surface area (Å²) in [7, 11) is 0. The maximum absolute atomic E-state index is 10.9. The molecule has 2 aromatic heterocycles. The van der Waals surface area contributed by atoms with Gasteiger partial charge in [0.1, 0.15) is 18.3 Å². The van der Waals surface area contributed by atoms with Crippen molar-refractivity contribution < 1.29 is 9.90 Å². The van der Waals surface area contributed by atoms with Crippen LogP contribution in [0.5, 0.6) is 0 Å². The van der Waals surface area contributed by atoms with Gasteiger partial charge in [0.2, 0.25) is 0 Å². The average molecular weight is 258 g/mol. The van der Waals surface area contributed by atoms with E-state index in [1.807, 2.05) is 13.0 Å². The molecule has 0 saturated carbocycles. The molecule has 0 bridgehead atoms. The van der Waals surface area contributed by atoms with Crippen LogP contribution in [-0.4, -0.2) is 33.6 Å². The molecule has 1 N–H and O–H groups in total. The minimum atomic E-state index is -0.936. The summed E-state index contributed by atoms with van der Waals surface area (Å²) in [6.07, 6.45) is 2.53. The number of hydrogen-bond donors (Lipinski definition) is 1. The highest BCUT2D eigenvalue weighted by atomic mass is 16.4. The largest absolute Gasteiger partial charge is 0.480 e. The highest BCUT2D eigenvalue weighted by Crippen LogP contribution is 2.21. The third-order valence-electron chi connectivity index (χ3n) is 2.74. The molecular weight excluding hydrogens is 244 g/mol. The maximum atomic E-state index is 10.9. The van der Waals surface area contributed by atoms with Crippen LogP contribution >= 0.6 is 0 Å². The lowest BCUT2D eigenvalue weighted by atomic mass is 10.3. The van der Waals surface area contributed by atoms with Gasteiger partial charge >= 0.3 is 5.97 Å². The van der Waals surface area contributed by atoms with Gasteiger partial charge < -0.3 is 10.0 Å². The van der Waals surface area contributed by atoms with E-state index >= 15 is 0 Å². The van der Waals surface area contributed by atoms with Gasteiger partial charge in [0.25, 0.3) is 0 Å². The van der Waals surface area contributed by atoms with Crippen LogP contribution in [0.1, 0.15) is 19.0 Å². The van der Waals surface area contributed by atoms with Crippen molar-refractivity contribution in [1.82, 2.24) is 9.38 Å². The number of carboxylic acid groups (broad SMARTS) is 1. The minimum absolute atomic E-state index is 0.160. The first-order valence-corrected chi connectivity index (χ1v) is 6.01. The van der Waals surface area contributed by atoms with Crippen molar-refractivity contribution in [1.29, 1.82) is 5.26 Å². The third kappa shape index (κ3) is 2.50. The predicted molar refractivity (Wildman–Crippen MR) is 70.0 cm³/mol. The van der Waals surface area contributed by atoms with Gasteiger partial charge in [0.15, 0.2) is 11.5 Å². The zero-order valence-corrected chi connectivity index (χ0v) is 10.6. The van der Waals surface area contributed by atoms with Gasteiger partial charge in [-0.2, -0.15) is 5.26 Å². The first-order chi connectivity index (χ1) is 9.17. The third-order valence-corrected chi connectivity index (χ3v) is 2.74. The minimum Gasteiger partial charge on any atom is -0.480 e. The van der Waals surface area contributed by atoms with Crippen molar-refractivity contribution in [2.24, 2.45) is 0 Å². The second kappa shape index (κ2) is 5.40. The fourth-order valence-corrected chi connectivity index (χ4v) is 2.00. The predicted octanol–water partition coefficient (Wildman–Crippen LogP) is 1.51. The fourth-order valence-electron chi connectivity index (χ4n) is 2.00. The van der Waals surface area contributed by atoms with Crippen molar-refractivity contribution >= 4 is 17.4 Å². The second-order valence-electron chi connectivity index (χ2n) is 4.14. The van der Waals surface area contributed by atoms with Crippen molar-refractivity contribution in [3.63, 3.8) is 0 Å². The summed E-state index contributed by atoms with van der Waals surface area (Å²) in [6, 6.07) is 7.52. The number of nitriles is 1. The molecule has 2 aromatic rings. The van der Waals surface area contributed by atoms with Crippen molar-refractivity contribution in [3.8, 4) is 6.07 Å². The van der Waals surface area contributed by atoms with E-state index in [9.17, 15) is 10.1 Å². The first-order valence-electron chi connectivity index (χ1n) is 6.01. The number of hydrogen-bond acceptors (Lipinski definition) is 4. The summed E-state index contributed by atoms with van der Waals surface area (Å²) >= 11 is 0. The molecule has 0 aromatic carbocycles. The number of rotatable bonds is 5. The van der Waals surface area contributed by atoms with E-state index in [0.29, 0.717) is 23.7 Å². The number of aromatic nitrogens is 2. The molecule has 0 aliphatic heterocycles. The zero-order chi connectivity index (χ0) is 13.8. The molecule has 0 spiro atoms. The SMILES string of the molecule is CCCN(CC(=O)O)c1nc2ccccn2c1C#N. The Bertz CT molecular complexity index is 642. The Hall–Kier alpha value is -2.55. The van der Waals surface area contributed by atoms with E-state index in [-0.39, 0.29) is 6.54 Å². The number of carbonyl (C=O) groups is 1. The summed E-state index contributed by atoms with van der Waals surface area (Å²) < 4.78 is 1.67. The van der Waals surface area contributed by atoms with Crippen molar-refractivity contribution in [3.05, 3.63) is 30.1 Å². The number of fused-ring (bicyclic) bond motifs is 1. The molecule has 2 rings (SSSR count). The van der Waals surface area contributed by atoms with E-state index in [2.05, 4.69) is 11.1 Å². The topological polar surface area (TPSA) is 81.6 Å². The number of aliphatic carboxylic acids is 1. The van der Waals surface area contributed by atoms with Gasteiger partial charge in [0, 0.05) is 12.7 Å². The van der Waals surface area contributed by atoms with Gasteiger partial charge in [-0.3, -0.25) is 9.20 Å². The van der Waals surface area contributed by atoms with E-state index in [4.69, 9.17) is 5.11 Å². The van der Waals surface area contributed by atoms with Gasteiger partial charge in [-0.1, -0.05) is 13.0 Å². The second-order valence-corrected chi connectivity index (χ2v) is 4.14. The molecule has 0 unspecified atom stereocenters. The monoisotopic (exact) mass is 258 g/mol. The Morgan fingerprint density at radius 1 is 1.58 bits per heavy atom. The Morgan fingerprint density at radius 2 is 2.37 bits per heavy atom. The highest BCUT2D eigenvalue weighted by molar-refractivity contribution is 5.74. The van der Waals surface area contributed by atoms with Crippen LogP contribution in [0.15, 0.2) is 24.4 Å². The molecule has 0 amide bonds. The normalized spacial score (nSPS) is 10.3. The number of anilines is 1. The van der Waals surface area contributed by atoms with E-state index in [0.717, 1.165) is 6.42 Å². The fraction of sp³-hybridized carbons (Fsp3) is 0.308. The smallest absolute Gasteiger partial charge is 0.323 e. The van der Waals surface area contributed by atoms with E-state index < -0.39 is 5.97 Å². The molecule has 0 saturated heterocycles. The summed E-state index contributed by atoms with van der Waals surface area (Å²) in [5.41, 5.74) is 1.01. The molecule has 0 atom stereocenters. The molecule has 0 radical (unpaired) electrons. The molecular formula is C13H14N4O2. The lowest BCUT2D eigenvalue weighted by Crippen LogP contribution is -2.31. The van der Waals surface area contributed by atoms with E-state index in [1.54, 1.807) is 27.6 Å². The van der Waals surface area contributed by atoms with Gasteiger partial charge in [-0.25, -0.2) is 4.98 Å². The molecule has 98 valence electrons. The first kappa shape index (κ1) is 12.9. The summed E-state index contributed by atoms with van der Waals surface area (Å²) in [5.74, 6) is -0.507. The number of nitrogens with zero attached hydrogens (tertiary/aromatic N) is 4. The van der Waals surface area contributed by atoms with Crippen molar-refractivity contribution in [2.45, 2.75) is 13.3 Å². The lowest BCUT2D eigenvalue weighted by Gasteiger charge is -2.19. The van der Waals surface area contributed by atoms with Crippen LogP contribution in [0.4, 0.5) is 5.82 Å². The summed E-state index contributed by atoms with van der Waals surface area (Å²) in [5, 5.41) is 18.2. The molecule has 0 fully saturated rings.